The molecule has 2 aliphatic rings. The molecule has 0 saturated heterocycles. The molecule has 0 bridgehead atoms. The molecule has 6 nitrogen and oxygen atoms in total. The van der Waals surface area contributed by atoms with Crippen molar-refractivity contribution >= 4 is 26.5 Å². The highest BCUT2D eigenvalue weighted by Gasteiger charge is 2.28. The van der Waals surface area contributed by atoms with Crippen molar-refractivity contribution in [2.24, 2.45) is 0 Å². The molecule has 146 valence electrons. The van der Waals surface area contributed by atoms with Gasteiger partial charge in [0, 0.05) is 28.9 Å². The minimum atomic E-state index is -3.26. The maximum atomic E-state index is 11.6. The highest BCUT2D eigenvalue weighted by molar-refractivity contribution is 7.88. The van der Waals surface area contributed by atoms with Gasteiger partial charge in [0.2, 0.25) is 10.0 Å². The lowest BCUT2D eigenvalue weighted by Crippen LogP contribution is -2.29. The van der Waals surface area contributed by atoms with Crippen molar-refractivity contribution in [2.75, 3.05) is 24.7 Å². The highest BCUT2D eigenvalue weighted by Crippen LogP contribution is 2.43. The Morgan fingerprint density at radius 3 is 2.78 bits per heavy atom. The molecule has 0 radical (unpaired) electrons. The summed E-state index contributed by atoms with van der Waals surface area (Å²) in [6.45, 7) is 0.739. The lowest BCUT2D eigenvalue weighted by Gasteiger charge is -2.22. The van der Waals surface area contributed by atoms with Crippen LogP contribution in [0.15, 0.2) is 24.3 Å². The lowest BCUT2D eigenvalue weighted by atomic mass is 9.96. The maximum absolute atomic E-state index is 11.6. The van der Waals surface area contributed by atoms with Gasteiger partial charge in [0.05, 0.1) is 18.6 Å². The van der Waals surface area contributed by atoms with Crippen molar-refractivity contribution in [2.45, 2.75) is 44.1 Å². The summed E-state index contributed by atoms with van der Waals surface area (Å²) < 4.78 is 31.8. The standard InChI is InChI=1S/C19H25N3O3S2/c1-27(23,24)20-11-13-12-25-16-10-6-5-9-15(16)17-18(13)26-19(22-17)21-14-7-3-2-4-8-14/h5-6,9-10,13-14,20H,2-4,7-8,11-12H2,1H3,(H,21,22). The zero-order valence-corrected chi connectivity index (χ0v) is 17.0. The number of hydrogen-bond acceptors (Lipinski definition) is 6. The van der Waals surface area contributed by atoms with Crippen LogP contribution in [0.25, 0.3) is 11.3 Å². The summed E-state index contributed by atoms with van der Waals surface area (Å²) in [6, 6.07) is 8.37. The summed E-state index contributed by atoms with van der Waals surface area (Å²) in [6.07, 6.45) is 7.39. The Kier molecular flexibility index (Phi) is 5.39. The van der Waals surface area contributed by atoms with E-state index in [0.29, 0.717) is 19.2 Å². The molecule has 1 aliphatic carbocycles. The SMILES string of the molecule is CS(=O)(=O)NCC1COc2ccccc2-c2nc(NC3CCCCC3)sc21. The van der Waals surface area contributed by atoms with Crippen LogP contribution < -0.4 is 14.8 Å². The Morgan fingerprint density at radius 1 is 1.22 bits per heavy atom. The van der Waals surface area contributed by atoms with E-state index in [4.69, 9.17) is 9.72 Å². The Bertz CT molecular complexity index is 905. The first-order valence-corrected chi connectivity index (χ1v) is 12.1. The lowest BCUT2D eigenvalue weighted by molar-refractivity contribution is 0.294. The van der Waals surface area contributed by atoms with Gasteiger partial charge in [-0.15, -0.1) is 11.3 Å². The summed E-state index contributed by atoms with van der Waals surface area (Å²) in [5.74, 6) is 0.733. The molecule has 1 fully saturated rings. The monoisotopic (exact) mass is 407 g/mol. The smallest absolute Gasteiger partial charge is 0.208 e. The second-order valence-corrected chi connectivity index (χ2v) is 10.2. The van der Waals surface area contributed by atoms with E-state index in [2.05, 4.69) is 10.0 Å². The molecule has 1 aliphatic heterocycles. The van der Waals surface area contributed by atoms with E-state index < -0.39 is 10.0 Å². The van der Waals surface area contributed by atoms with Crippen LogP contribution in [0.2, 0.25) is 0 Å². The molecular formula is C19H25N3O3S2. The van der Waals surface area contributed by atoms with Crippen LogP contribution in [0.5, 0.6) is 5.75 Å². The third-order valence-corrected chi connectivity index (χ3v) is 6.97. The zero-order chi connectivity index (χ0) is 18.9. The number of sulfonamides is 1. The Morgan fingerprint density at radius 2 is 2.00 bits per heavy atom. The fourth-order valence-corrected chi connectivity index (χ4v) is 5.39. The molecule has 1 unspecified atom stereocenters. The van der Waals surface area contributed by atoms with Crippen molar-refractivity contribution in [3.8, 4) is 17.0 Å². The molecule has 1 saturated carbocycles. The minimum Gasteiger partial charge on any atom is -0.492 e. The van der Waals surface area contributed by atoms with Gasteiger partial charge in [-0.1, -0.05) is 31.4 Å². The molecule has 0 amide bonds. The first-order valence-electron chi connectivity index (χ1n) is 9.44. The summed E-state index contributed by atoms with van der Waals surface area (Å²) >= 11 is 1.63. The second-order valence-electron chi connectivity index (χ2n) is 7.34. The number of rotatable bonds is 5. The first-order chi connectivity index (χ1) is 13.0. The normalized spacial score (nSPS) is 20.3. The average molecular weight is 408 g/mol. The van der Waals surface area contributed by atoms with Crippen LogP contribution in [-0.4, -0.2) is 38.9 Å². The van der Waals surface area contributed by atoms with Gasteiger partial charge in [0.25, 0.3) is 0 Å². The van der Waals surface area contributed by atoms with Crippen LogP contribution in [0, 0.1) is 0 Å². The van der Waals surface area contributed by atoms with Crippen LogP contribution in [0.3, 0.4) is 0 Å². The highest BCUT2D eigenvalue weighted by atomic mass is 32.2. The van der Waals surface area contributed by atoms with Gasteiger partial charge in [-0.05, 0) is 25.0 Å². The molecule has 1 atom stereocenters. The number of thiazole rings is 1. The van der Waals surface area contributed by atoms with Crippen LogP contribution in [-0.2, 0) is 10.0 Å². The van der Waals surface area contributed by atoms with Crippen molar-refractivity contribution < 1.29 is 13.2 Å². The number of aromatic nitrogens is 1. The van der Waals surface area contributed by atoms with Gasteiger partial charge in [0.1, 0.15) is 5.75 Å². The largest absolute Gasteiger partial charge is 0.492 e. The second kappa shape index (κ2) is 7.77. The summed E-state index contributed by atoms with van der Waals surface area (Å²) in [7, 11) is -3.26. The van der Waals surface area contributed by atoms with E-state index in [9.17, 15) is 8.42 Å². The summed E-state index contributed by atoms with van der Waals surface area (Å²) in [4.78, 5) is 5.97. The van der Waals surface area contributed by atoms with E-state index >= 15 is 0 Å². The molecule has 2 aromatic rings. The van der Waals surface area contributed by atoms with Crippen molar-refractivity contribution in [1.29, 1.82) is 0 Å². The van der Waals surface area contributed by atoms with Crippen LogP contribution >= 0.6 is 11.3 Å². The minimum absolute atomic E-state index is 0.0680. The number of ether oxygens (including phenoxy) is 1. The summed E-state index contributed by atoms with van der Waals surface area (Å²) in [5.41, 5.74) is 1.88. The fourth-order valence-electron chi connectivity index (χ4n) is 3.74. The summed E-state index contributed by atoms with van der Waals surface area (Å²) in [5, 5.41) is 4.53. The third-order valence-electron chi connectivity index (χ3n) is 5.13. The molecule has 1 aromatic carbocycles. The molecule has 4 rings (SSSR count). The molecule has 1 aromatic heterocycles. The van der Waals surface area contributed by atoms with Gasteiger partial charge in [-0.2, -0.15) is 0 Å². The number of nitrogens with one attached hydrogen (secondary N) is 2. The molecule has 2 heterocycles. The molecular weight excluding hydrogens is 382 g/mol. The molecule has 0 spiro atoms. The Hall–Kier alpha value is -1.64. The number of benzene rings is 1. The van der Waals surface area contributed by atoms with Gasteiger partial charge in [-0.25, -0.2) is 18.1 Å². The first kappa shape index (κ1) is 18.7. The molecule has 2 N–H and O–H groups in total. The maximum Gasteiger partial charge on any atom is 0.208 e. The topological polar surface area (TPSA) is 80.3 Å². The van der Waals surface area contributed by atoms with Gasteiger partial charge >= 0.3 is 0 Å². The molecule has 27 heavy (non-hydrogen) atoms. The van der Waals surface area contributed by atoms with Crippen LogP contribution in [0.4, 0.5) is 5.13 Å². The van der Waals surface area contributed by atoms with Crippen LogP contribution in [0.1, 0.15) is 42.9 Å². The van der Waals surface area contributed by atoms with E-state index in [0.717, 1.165) is 27.0 Å². The Labute approximate surface area is 164 Å². The molecule has 8 heteroatoms. The van der Waals surface area contributed by atoms with E-state index in [1.807, 2.05) is 24.3 Å². The zero-order valence-electron chi connectivity index (χ0n) is 15.4. The van der Waals surface area contributed by atoms with E-state index in [1.54, 1.807) is 11.3 Å². The van der Waals surface area contributed by atoms with Crippen molar-refractivity contribution in [3.05, 3.63) is 29.1 Å². The van der Waals surface area contributed by atoms with Crippen molar-refractivity contribution in [1.82, 2.24) is 9.71 Å². The van der Waals surface area contributed by atoms with E-state index in [-0.39, 0.29) is 5.92 Å². The fraction of sp³-hybridized carbons (Fsp3) is 0.526. The number of para-hydroxylation sites is 1. The van der Waals surface area contributed by atoms with E-state index in [1.165, 1.54) is 38.4 Å². The predicted molar refractivity (Wildman–Crippen MR) is 109 cm³/mol. The van der Waals surface area contributed by atoms with Gasteiger partial charge in [-0.3, -0.25) is 0 Å². The van der Waals surface area contributed by atoms with Crippen molar-refractivity contribution in [3.63, 3.8) is 0 Å². The number of fused-ring (bicyclic) bond motifs is 3. The predicted octanol–water partition coefficient (Wildman–Crippen LogP) is 3.58. The van der Waals surface area contributed by atoms with Gasteiger partial charge in [0.15, 0.2) is 5.13 Å². The number of hydrogen-bond donors (Lipinski definition) is 2. The quantitative estimate of drug-likeness (QED) is 0.792. The average Bonchev–Trinajstić information content (AvgIpc) is 2.99. The van der Waals surface area contributed by atoms with Gasteiger partial charge < -0.3 is 10.1 Å². The third kappa shape index (κ3) is 4.44. The number of nitrogens with zero attached hydrogens (tertiary/aromatic N) is 1. The Balaban J connectivity index is 1.65. The number of anilines is 1.